The number of ether oxygens (including phenoxy) is 4. The molecule has 1 aromatic rings. The zero-order valence-electron chi connectivity index (χ0n) is 10.8. The molecule has 2 atom stereocenters. The van der Waals surface area contributed by atoms with Gasteiger partial charge < -0.3 is 24.1 Å². The second kappa shape index (κ2) is 5.79. The van der Waals surface area contributed by atoms with Crippen LogP contribution in [-0.4, -0.2) is 37.2 Å². The molecule has 2 rings (SSSR count). The number of carbonyl (C=O) groups excluding carboxylic acids is 1. The summed E-state index contributed by atoms with van der Waals surface area (Å²) >= 11 is 0. The number of hydrogen-bond donors (Lipinski definition) is 1. The number of aromatic hydroxyl groups is 1. The molecule has 2 unspecified atom stereocenters. The summed E-state index contributed by atoms with van der Waals surface area (Å²) in [5.74, 6) is 0.388. The van der Waals surface area contributed by atoms with E-state index in [-0.39, 0.29) is 23.7 Å². The molecule has 6 nitrogen and oxygen atoms in total. The van der Waals surface area contributed by atoms with E-state index in [2.05, 4.69) is 0 Å². The van der Waals surface area contributed by atoms with Crippen LogP contribution in [0.2, 0.25) is 0 Å². The number of phenolic OH excluding ortho intramolecular Hbond substituents is 1. The summed E-state index contributed by atoms with van der Waals surface area (Å²) in [6.07, 6.45) is -0.576. The van der Waals surface area contributed by atoms with Crippen molar-refractivity contribution in [3.63, 3.8) is 0 Å². The highest BCUT2D eigenvalue weighted by Crippen LogP contribution is 2.30. The first-order valence-electron chi connectivity index (χ1n) is 5.97. The Morgan fingerprint density at radius 2 is 2.26 bits per heavy atom. The van der Waals surface area contributed by atoms with Gasteiger partial charge in [-0.3, -0.25) is 0 Å². The van der Waals surface area contributed by atoms with E-state index in [1.165, 1.54) is 25.3 Å². The van der Waals surface area contributed by atoms with E-state index in [4.69, 9.17) is 18.9 Å². The number of rotatable bonds is 3. The zero-order chi connectivity index (χ0) is 13.8. The average molecular weight is 268 g/mol. The fraction of sp³-hybridized carbons (Fsp3) is 0.462. The van der Waals surface area contributed by atoms with Gasteiger partial charge in [0, 0.05) is 12.5 Å². The first-order chi connectivity index (χ1) is 9.10. The van der Waals surface area contributed by atoms with Gasteiger partial charge in [-0.05, 0) is 19.1 Å². The van der Waals surface area contributed by atoms with Crippen molar-refractivity contribution in [1.29, 1.82) is 0 Å². The van der Waals surface area contributed by atoms with Crippen LogP contribution >= 0.6 is 0 Å². The fourth-order valence-electron chi connectivity index (χ4n) is 1.84. The maximum Gasteiger partial charge on any atom is 0.514 e. The highest BCUT2D eigenvalue weighted by Gasteiger charge is 2.28. The minimum atomic E-state index is -0.813. The molecule has 1 saturated heterocycles. The first-order valence-corrected chi connectivity index (χ1v) is 5.97. The molecule has 0 spiro atoms. The van der Waals surface area contributed by atoms with Gasteiger partial charge in [-0.25, -0.2) is 4.79 Å². The van der Waals surface area contributed by atoms with Crippen LogP contribution in [-0.2, 0) is 9.47 Å². The number of phenols is 1. The predicted molar refractivity (Wildman–Crippen MR) is 65.6 cm³/mol. The molecule has 1 aliphatic rings. The molecule has 0 aliphatic carbocycles. The molecule has 1 aliphatic heterocycles. The van der Waals surface area contributed by atoms with Crippen LogP contribution in [0.1, 0.15) is 13.3 Å². The third kappa shape index (κ3) is 3.29. The lowest BCUT2D eigenvalue weighted by atomic mass is 10.2. The predicted octanol–water partition coefficient (Wildman–Crippen LogP) is 2.09. The lowest BCUT2D eigenvalue weighted by Crippen LogP contribution is -2.26. The number of hydrogen-bond acceptors (Lipinski definition) is 6. The molecule has 0 radical (unpaired) electrons. The van der Waals surface area contributed by atoms with E-state index < -0.39 is 6.16 Å². The summed E-state index contributed by atoms with van der Waals surface area (Å²) in [4.78, 5) is 11.6. The summed E-state index contributed by atoms with van der Waals surface area (Å²) < 4.78 is 20.3. The van der Waals surface area contributed by atoms with Crippen molar-refractivity contribution in [3.05, 3.63) is 18.2 Å². The van der Waals surface area contributed by atoms with Crippen molar-refractivity contribution in [2.75, 3.05) is 13.7 Å². The topological polar surface area (TPSA) is 74.2 Å². The van der Waals surface area contributed by atoms with E-state index in [0.717, 1.165) is 0 Å². The molecular weight excluding hydrogens is 252 g/mol. The molecule has 0 saturated carbocycles. The van der Waals surface area contributed by atoms with Crippen molar-refractivity contribution >= 4 is 6.16 Å². The van der Waals surface area contributed by atoms with Crippen LogP contribution in [0.3, 0.4) is 0 Å². The van der Waals surface area contributed by atoms with E-state index in [1.807, 2.05) is 6.92 Å². The molecule has 1 fully saturated rings. The van der Waals surface area contributed by atoms with Gasteiger partial charge in [0.25, 0.3) is 0 Å². The second-order valence-electron chi connectivity index (χ2n) is 4.21. The summed E-state index contributed by atoms with van der Waals surface area (Å²) in [6, 6.07) is 4.29. The van der Waals surface area contributed by atoms with Crippen molar-refractivity contribution in [2.45, 2.75) is 25.6 Å². The Morgan fingerprint density at radius 1 is 1.47 bits per heavy atom. The van der Waals surface area contributed by atoms with Gasteiger partial charge in [0.1, 0.15) is 11.9 Å². The smallest absolute Gasteiger partial charge is 0.504 e. The molecule has 0 amide bonds. The molecule has 104 valence electrons. The highest BCUT2D eigenvalue weighted by molar-refractivity contribution is 5.64. The van der Waals surface area contributed by atoms with E-state index in [1.54, 1.807) is 0 Å². The van der Waals surface area contributed by atoms with Gasteiger partial charge in [0.15, 0.2) is 11.5 Å². The summed E-state index contributed by atoms with van der Waals surface area (Å²) in [6.45, 7) is 2.41. The minimum Gasteiger partial charge on any atom is -0.504 e. The molecule has 1 N–H and O–H groups in total. The molecular formula is C13H16O6. The fourth-order valence-corrected chi connectivity index (χ4v) is 1.84. The quantitative estimate of drug-likeness (QED) is 0.668. The summed E-state index contributed by atoms with van der Waals surface area (Å²) in [5.41, 5.74) is 0. The van der Waals surface area contributed by atoms with Gasteiger partial charge >= 0.3 is 6.16 Å². The van der Waals surface area contributed by atoms with Crippen molar-refractivity contribution in [1.82, 2.24) is 0 Å². The minimum absolute atomic E-state index is 0.106. The Balaban J connectivity index is 1.93. The molecule has 19 heavy (non-hydrogen) atoms. The summed E-state index contributed by atoms with van der Waals surface area (Å²) in [7, 11) is 1.44. The zero-order valence-corrected chi connectivity index (χ0v) is 10.8. The summed E-state index contributed by atoms with van der Waals surface area (Å²) in [5, 5.41) is 9.55. The van der Waals surface area contributed by atoms with Crippen molar-refractivity contribution < 1.29 is 28.8 Å². The Hall–Kier alpha value is -1.95. The molecule has 0 bridgehead atoms. The normalized spacial score (nSPS) is 22.0. The van der Waals surface area contributed by atoms with Crippen LogP contribution in [0.5, 0.6) is 17.2 Å². The Morgan fingerprint density at radius 3 is 2.84 bits per heavy atom. The van der Waals surface area contributed by atoms with E-state index in [0.29, 0.717) is 18.8 Å². The SMILES string of the molecule is COc1ccc(OC(=O)OC2CCOC2C)cc1O. The second-order valence-corrected chi connectivity index (χ2v) is 4.21. The average Bonchev–Trinajstić information content (AvgIpc) is 2.75. The lowest BCUT2D eigenvalue weighted by Gasteiger charge is -2.14. The van der Waals surface area contributed by atoms with Crippen LogP contribution in [0.25, 0.3) is 0 Å². The van der Waals surface area contributed by atoms with Gasteiger partial charge in [0.05, 0.1) is 19.8 Å². The Labute approximate surface area is 110 Å². The Bertz CT molecular complexity index is 458. The third-order valence-electron chi connectivity index (χ3n) is 2.91. The van der Waals surface area contributed by atoms with Crippen molar-refractivity contribution in [3.8, 4) is 17.2 Å². The maximum absolute atomic E-state index is 11.6. The number of benzene rings is 1. The van der Waals surface area contributed by atoms with Gasteiger partial charge in [-0.2, -0.15) is 0 Å². The highest BCUT2D eigenvalue weighted by atomic mass is 16.7. The van der Waals surface area contributed by atoms with Crippen LogP contribution in [0.4, 0.5) is 4.79 Å². The maximum atomic E-state index is 11.6. The number of carbonyl (C=O) groups is 1. The molecule has 1 aromatic carbocycles. The van der Waals surface area contributed by atoms with Crippen LogP contribution in [0, 0.1) is 0 Å². The third-order valence-corrected chi connectivity index (χ3v) is 2.91. The number of methoxy groups -OCH3 is 1. The van der Waals surface area contributed by atoms with Gasteiger partial charge in [-0.15, -0.1) is 0 Å². The van der Waals surface area contributed by atoms with Crippen molar-refractivity contribution in [2.24, 2.45) is 0 Å². The van der Waals surface area contributed by atoms with Crippen LogP contribution < -0.4 is 9.47 Å². The van der Waals surface area contributed by atoms with E-state index >= 15 is 0 Å². The lowest BCUT2D eigenvalue weighted by molar-refractivity contribution is 0.0161. The van der Waals surface area contributed by atoms with Gasteiger partial charge in [-0.1, -0.05) is 0 Å². The Kier molecular flexibility index (Phi) is 4.11. The van der Waals surface area contributed by atoms with Gasteiger partial charge in [0.2, 0.25) is 0 Å². The standard InChI is InChI=1S/C13H16O6/c1-8-11(5-6-17-8)19-13(15)18-9-3-4-12(16-2)10(14)7-9/h3-4,7-8,11,14H,5-6H2,1-2H3. The molecule has 6 heteroatoms. The van der Waals surface area contributed by atoms with Crippen LogP contribution in [0.15, 0.2) is 18.2 Å². The molecule has 0 aromatic heterocycles. The first kappa shape index (κ1) is 13.5. The molecule has 1 heterocycles. The monoisotopic (exact) mass is 268 g/mol. The van der Waals surface area contributed by atoms with E-state index in [9.17, 15) is 9.90 Å². The largest absolute Gasteiger partial charge is 0.514 e.